The third-order valence-corrected chi connectivity index (χ3v) is 3.73. The van der Waals surface area contributed by atoms with E-state index in [2.05, 4.69) is 5.32 Å². The molecular formula is C19H22N2O2. The van der Waals surface area contributed by atoms with Crippen molar-refractivity contribution >= 4 is 11.8 Å². The number of primary amides is 1. The van der Waals surface area contributed by atoms with Gasteiger partial charge in [0.1, 0.15) is 6.04 Å². The van der Waals surface area contributed by atoms with Crippen LogP contribution in [0.4, 0.5) is 0 Å². The standard InChI is InChI=1S/C19H22N2O2/c20-19(23)17(13-11-15-7-3-1-4-8-15)21-18(22)14-12-16-9-5-2-6-10-16/h1-10,17H,11-14H2,(H2,20,23)(H,21,22)/t17-/m0/s1. The molecule has 0 spiro atoms. The van der Waals surface area contributed by atoms with E-state index in [0.29, 0.717) is 25.7 Å². The molecule has 0 saturated carbocycles. The first-order valence-electron chi connectivity index (χ1n) is 7.81. The van der Waals surface area contributed by atoms with Gasteiger partial charge in [0.2, 0.25) is 11.8 Å². The minimum Gasteiger partial charge on any atom is -0.368 e. The maximum atomic E-state index is 12.0. The number of hydrogen-bond acceptors (Lipinski definition) is 2. The van der Waals surface area contributed by atoms with E-state index in [1.54, 1.807) is 0 Å². The van der Waals surface area contributed by atoms with E-state index < -0.39 is 11.9 Å². The Balaban J connectivity index is 1.81. The second kappa shape index (κ2) is 8.73. The van der Waals surface area contributed by atoms with E-state index in [9.17, 15) is 9.59 Å². The highest BCUT2D eigenvalue weighted by Crippen LogP contribution is 2.06. The number of rotatable bonds is 8. The van der Waals surface area contributed by atoms with Crippen molar-refractivity contribution in [3.63, 3.8) is 0 Å². The third-order valence-electron chi connectivity index (χ3n) is 3.73. The van der Waals surface area contributed by atoms with Crippen LogP contribution in [0, 0.1) is 0 Å². The van der Waals surface area contributed by atoms with Crippen molar-refractivity contribution in [3.8, 4) is 0 Å². The Hall–Kier alpha value is -2.62. The molecular weight excluding hydrogens is 288 g/mol. The summed E-state index contributed by atoms with van der Waals surface area (Å²) in [6.45, 7) is 0. The van der Waals surface area contributed by atoms with E-state index >= 15 is 0 Å². The first-order valence-corrected chi connectivity index (χ1v) is 7.81. The Morgan fingerprint density at radius 2 is 1.39 bits per heavy atom. The van der Waals surface area contributed by atoms with Crippen LogP contribution in [-0.2, 0) is 22.4 Å². The fraction of sp³-hybridized carbons (Fsp3) is 0.263. The summed E-state index contributed by atoms with van der Waals surface area (Å²) in [5, 5.41) is 2.74. The van der Waals surface area contributed by atoms with Gasteiger partial charge in [-0.2, -0.15) is 0 Å². The summed E-state index contributed by atoms with van der Waals surface area (Å²) < 4.78 is 0. The highest BCUT2D eigenvalue weighted by Gasteiger charge is 2.17. The highest BCUT2D eigenvalue weighted by atomic mass is 16.2. The third kappa shape index (κ3) is 5.94. The summed E-state index contributed by atoms with van der Waals surface area (Å²) in [6, 6.07) is 19.0. The summed E-state index contributed by atoms with van der Waals surface area (Å²) in [5.74, 6) is -0.639. The lowest BCUT2D eigenvalue weighted by Gasteiger charge is -2.15. The van der Waals surface area contributed by atoms with Gasteiger partial charge in [0, 0.05) is 6.42 Å². The van der Waals surface area contributed by atoms with Crippen molar-refractivity contribution < 1.29 is 9.59 Å². The molecule has 2 rings (SSSR count). The van der Waals surface area contributed by atoms with Crippen LogP contribution in [0.15, 0.2) is 60.7 Å². The van der Waals surface area contributed by atoms with Gasteiger partial charge < -0.3 is 11.1 Å². The Kier molecular flexibility index (Phi) is 6.36. The molecule has 0 fully saturated rings. The van der Waals surface area contributed by atoms with E-state index in [0.717, 1.165) is 11.1 Å². The first kappa shape index (κ1) is 16.7. The molecule has 0 radical (unpaired) electrons. The normalized spacial score (nSPS) is 11.7. The molecule has 23 heavy (non-hydrogen) atoms. The second-order valence-corrected chi connectivity index (χ2v) is 5.53. The van der Waals surface area contributed by atoms with Crippen LogP contribution in [0.1, 0.15) is 24.0 Å². The van der Waals surface area contributed by atoms with Crippen LogP contribution in [-0.4, -0.2) is 17.9 Å². The van der Waals surface area contributed by atoms with Crippen molar-refractivity contribution in [2.45, 2.75) is 31.7 Å². The lowest BCUT2D eigenvalue weighted by Crippen LogP contribution is -2.44. The summed E-state index contributed by atoms with van der Waals surface area (Å²) in [7, 11) is 0. The maximum Gasteiger partial charge on any atom is 0.240 e. The van der Waals surface area contributed by atoms with Crippen molar-refractivity contribution in [2.24, 2.45) is 5.73 Å². The van der Waals surface area contributed by atoms with Gasteiger partial charge in [-0.3, -0.25) is 9.59 Å². The predicted octanol–water partition coefficient (Wildman–Crippen LogP) is 2.22. The molecule has 4 nitrogen and oxygen atoms in total. The van der Waals surface area contributed by atoms with Gasteiger partial charge in [-0.15, -0.1) is 0 Å². The van der Waals surface area contributed by atoms with Gasteiger partial charge in [-0.1, -0.05) is 60.7 Å². The lowest BCUT2D eigenvalue weighted by molar-refractivity contribution is -0.127. The van der Waals surface area contributed by atoms with Gasteiger partial charge in [0.25, 0.3) is 0 Å². The molecule has 0 aliphatic rings. The van der Waals surface area contributed by atoms with Crippen LogP contribution in [0.5, 0.6) is 0 Å². The quantitative estimate of drug-likeness (QED) is 0.785. The van der Waals surface area contributed by atoms with Gasteiger partial charge >= 0.3 is 0 Å². The average molecular weight is 310 g/mol. The molecule has 1 atom stereocenters. The summed E-state index contributed by atoms with van der Waals surface area (Å²) in [4.78, 5) is 23.6. The fourth-order valence-electron chi connectivity index (χ4n) is 2.41. The monoisotopic (exact) mass is 310 g/mol. The Morgan fingerprint density at radius 1 is 0.870 bits per heavy atom. The Morgan fingerprint density at radius 3 is 1.91 bits per heavy atom. The predicted molar refractivity (Wildman–Crippen MR) is 90.7 cm³/mol. The fourth-order valence-corrected chi connectivity index (χ4v) is 2.41. The number of carbonyl (C=O) groups excluding carboxylic acids is 2. The van der Waals surface area contributed by atoms with Gasteiger partial charge in [-0.25, -0.2) is 0 Å². The van der Waals surface area contributed by atoms with Crippen molar-refractivity contribution in [1.82, 2.24) is 5.32 Å². The molecule has 0 heterocycles. The lowest BCUT2D eigenvalue weighted by atomic mass is 10.0. The molecule has 3 N–H and O–H groups in total. The van der Waals surface area contributed by atoms with Crippen molar-refractivity contribution in [1.29, 1.82) is 0 Å². The number of nitrogens with one attached hydrogen (secondary N) is 1. The van der Waals surface area contributed by atoms with Crippen molar-refractivity contribution in [2.75, 3.05) is 0 Å². The SMILES string of the molecule is NC(=O)[C@H](CCc1ccccc1)NC(=O)CCc1ccccc1. The highest BCUT2D eigenvalue weighted by molar-refractivity contribution is 5.86. The first-order chi connectivity index (χ1) is 11.1. The van der Waals surface area contributed by atoms with E-state index in [1.807, 2.05) is 60.7 Å². The number of amides is 2. The smallest absolute Gasteiger partial charge is 0.240 e. The molecule has 0 unspecified atom stereocenters. The summed E-state index contributed by atoms with van der Waals surface area (Å²) in [6.07, 6.45) is 2.21. The Labute approximate surface area is 136 Å². The van der Waals surface area contributed by atoms with E-state index in [4.69, 9.17) is 5.73 Å². The van der Waals surface area contributed by atoms with E-state index in [1.165, 1.54) is 0 Å². The van der Waals surface area contributed by atoms with Gasteiger partial charge in [0.15, 0.2) is 0 Å². The topological polar surface area (TPSA) is 72.2 Å². The summed E-state index contributed by atoms with van der Waals surface area (Å²) in [5.41, 5.74) is 7.62. The van der Waals surface area contributed by atoms with Crippen LogP contribution >= 0.6 is 0 Å². The number of carbonyl (C=O) groups is 2. The molecule has 2 aromatic rings. The number of nitrogens with two attached hydrogens (primary N) is 1. The number of aryl methyl sites for hydroxylation is 2. The number of benzene rings is 2. The van der Waals surface area contributed by atoms with Crippen LogP contribution < -0.4 is 11.1 Å². The zero-order valence-electron chi connectivity index (χ0n) is 13.1. The van der Waals surface area contributed by atoms with Gasteiger partial charge in [-0.05, 0) is 30.4 Å². The van der Waals surface area contributed by atoms with Crippen LogP contribution in [0.2, 0.25) is 0 Å². The molecule has 0 bridgehead atoms. The number of hydrogen-bond donors (Lipinski definition) is 2. The minimum atomic E-state index is -0.626. The maximum absolute atomic E-state index is 12.0. The molecule has 0 aliphatic carbocycles. The summed E-state index contributed by atoms with van der Waals surface area (Å²) >= 11 is 0. The molecule has 2 aromatic carbocycles. The zero-order chi connectivity index (χ0) is 16.5. The van der Waals surface area contributed by atoms with Crippen LogP contribution in [0.25, 0.3) is 0 Å². The molecule has 0 saturated heterocycles. The van der Waals surface area contributed by atoms with Gasteiger partial charge in [0.05, 0.1) is 0 Å². The molecule has 0 aromatic heterocycles. The molecule has 120 valence electrons. The zero-order valence-corrected chi connectivity index (χ0v) is 13.1. The van der Waals surface area contributed by atoms with Crippen molar-refractivity contribution in [3.05, 3.63) is 71.8 Å². The molecule has 0 aliphatic heterocycles. The molecule has 4 heteroatoms. The second-order valence-electron chi connectivity index (χ2n) is 5.53. The largest absolute Gasteiger partial charge is 0.368 e. The van der Waals surface area contributed by atoms with Crippen LogP contribution in [0.3, 0.4) is 0 Å². The minimum absolute atomic E-state index is 0.147. The van der Waals surface area contributed by atoms with E-state index in [-0.39, 0.29) is 5.91 Å². The average Bonchev–Trinajstić information content (AvgIpc) is 2.58. The Bertz CT molecular complexity index is 626. The molecule has 2 amide bonds.